The van der Waals surface area contributed by atoms with E-state index >= 15 is 0 Å². The predicted octanol–water partition coefficient (Wildman–Crippen LogP) is 4.64. The molecule has 0 N–H and O–H groups in total. The third-order valence-corrected chi connectivity index (χ3v) is 3.51. The van der Waals surface area contributed by atoms with Crippen LogP contribution < -0.4 is 4.74 Å². The first-order valence-electron chi connectivity index (χ1n) is 5.31. The number of hydrogen-bond acceptors (Lipinski definition) is 2. The molecule has 1 aromatic heterocycles. The first kappa shape index (κ1) is 12.4. The molecule has 1 atom stereocenters. The van der Waals surface area contributed by atoms with E-state index in [2.05, 4.69) is 0 Å². The van der Waals surface area contributed by atoms with Gasteiger partial charge in [0, 0.05) is 17.2 Å². The van der Waals surface area contributed by atoms with Crippen LogP contribution in [0.2, 0.25) is 0 Å². The molecule has 0 aliphatic heterocycles. The third kappa shape index (κ3) is 3.45. The number of hydrogen-bond donors (Lipinski definition) is 0. The molecule has 1 heterocycles. The van der Waals surface area contributed by atoms with Crippen molar-refractivity contribution in [2.45, 2.75) is 12.5 Å². The highest BCUT2D eigenvalue weighted by atomic mass is 35.5. The summed E-state index contributed by atoms with van der Waals surface area (Å²) in [6.45, 7) is 0. The maximum atomic E-state index is 12.8. The monoisotopic (exact) mass is 270 g/mol. The summed E-state index contributed by atoms with van der Waals surface area (Å²) < 4.78 is 18.6. The first-order chi connectivity index (χ1) is 8.29. The average Bonchev–Trinajstić information content (AvgIpc) is 2.85. The maximum absolute atomic E-state index is 12.8. The molecular formula is C13H12ClFOS. The van der Waals surface area contributed by atoms with Gasteiger partial charge in [0.1, 0.15) is 17.7 Å². The van der Waals surface area contributed by atoms with Crippen molar-refractivity contribution >= 4 is 22.9 Å². The predicted molar refractivity (Wildman–Crippen MR) is 69.4 cm³/mol. The Hall–Kier alpha value is -1.06. The molecule has 1 nitrogen and oxygen atoms in total. The van der Waals surface area contributed by atoms with Gasteiger partial charge in [-0.1, -0.05) is 6.07 Å². The highest BCUT2D eigenvalue weighted by Gasteiger charge is 2.13. The molecule has 0 fully saturated rings. The van der Waals surface area contributed by atoms with Crippen LogP contribution >= 0.6 is 22.9 Å². The van der Waals surface area contributed by atoms with Gasteiger partial charge in [-0.15, -0.1) is 22.9 Å². The molecule has 0 saturated carbocycles. The fourth-order valence-electron chi connectivity index (χ4n) is 1.51. The Morgan fingerprint density at radius 2 is 2.00 bits per heavy atom. The maximum Gasteiger partial charge on any atom is 0.134 e. The molecule has 2 rings (SSSR count). The standard InChI is InChI=1S/C13H12ClFOS/c14-8-7-12(13-2-1-9-17-13)16-11-5-3-10(15)4-6-11/h1-6,9,12H,7-8H2. The Morgan fingerprint density at radius 3 is 2.59 bits per heavy atom. The van der Waals surface area contributed by atoms with Crippen LogP contribution in [0, 0.1) is 5.82 Å². The van der Waals surface area contributed by atoms with Crippen molar-refractivity contribution in [1.29, 1.82) is 0 Å². The lowest BCUT2D eigenvalue weighted by atomic mass is 10.2. The van der Waals surface area contributed by atoms with Gasteiger partial charge >= 0.3 is 0 Å². The highest BCUT2D eigenvalue weighted by Crippen LogP contribution is 2.28. The van der Waals surface area contributed by atoms with Crippen LogP contribution in [0.25, 0.3) is 0 Å². The van der Waals surface area contributed by atoms with Crippen LogP contribution in [0.1, 0.15) is 17.4 Å². The van der Waals surface area contributed by atoms with E-state index in [1.165, 1.54) is 12.1 Å². The van der Waals surface area contributed by atoms with Crippen molar-refractivity contribution in [1.82, 2.24) is 0 Å². The number of alkyl halides is 1. The Bertz CT molecular complexity index is 441. The normalized spacial score (nSPS) is 12.4. The molecule has 0 aliphatic carbocycles. The minimum atomic E-state index is -0.262. The Kier molecular flexibility index (Phi) is 4.40. The van der Waals surface area contributed by atoms with E-state index in [1.54, 1.807) is 23.5 Å². The van der Waals surface area contributed by atoms with Crippen molar-refractivity contribution in [2.75, 3.05) is 5.88 Å². The zero-order valence-corrected chi connectivity index (χ0v) is 10.7. The summed E-state index contributed by atoms with van der Waals surface area (Å²) in [5, 5.41) is 2.00. The van der Waals surface area contributed by atoms with E-state index in [4.69, 9.17) is 16.3 Å². The molecule has 0 spiro atoms. The molecule has 0 radical (unpaired) electrons. The van der Waals surface area contributed by atoms with E-state index in [1.807, 2.05) is 17.5 Å². The number of halogens is 2. The lowest BCUT2D eigenvalue weighted by Crippen LogP contribution is -2.06. The van der Waals surface area contributed by atoms with Gasteiger partial charge in [-0.05, 0) is 35.7 Å². The van der Waals surface area contributed by atoms with Gasteiger partial charge in [-0.2, -0.15) is 0 Å². The van der Waals surface area contributed by atoms with Crippen molar-refractivity contribution in [2.24, 2.45) is 0 Å². The van der Waals surface area contributed by atoms with Crippen molar-refractivity contribution < 1.29 is 9.13 Å². The molecule has 0 amide bonds. The van der Waals surface area contributed by atoms with Crippen molar-refractivity contribution in [3.05, 3.63) is 52.5 Å². The third-order valence-electron chi connectivity index (χ3n) is 2.32. The second kappa shape index (κ2) is 6.03. The summed E-state index contributed by atoms with van der Waals surface area (Å²) in [6, 6.07) is 10.0. The van der Waals surface area contributed by atoms with E-state index < -0.39 is 0 Å². The molecule has 0 aliphatic rings. The van der Waals surface area contributed by atoms with Crippen LogP contribution in [0.3, 0.4) is 0 Å². The van der Waals surface area contributed by atoms with Crippen LogP contribution in [0.4, 0.5) is 4.39 Å². The van der Waals surface area contributed by atoms with Gasteiger partial charge in [0.25, 0.3) is 0 Å². The summed E-state index contributed by atoms with van der Waals surface area (Å²) in [5.74, 6) is 0.932. The SMILES string of the molecule is Fc1ccc(OC(CCCl)c2cccs2)cc1. The van der Waals surface area contributed by atoms with Gasteiger partial charge in [0.2, 0.25) is 0 Å². The zero-order valence-electron chi connectivity index (χ0n) is 9.11. The Morgan fingerprint density at radius 1 is 1.24 bits per heavy atom. The molecule has 0 bridgehead atoms. The summed E-state index contributed by atoms with van der Waals surface area (Å²) in [7, 11) is 0. The number of benzene rings is 1. The fraction of sp³-hybridized carbons (Fsp3) is 0.231. The minimum absolute atomic E-state index is 0.0574. The smallest absolute Gasteiger partial charge is 0.134 e. The van der Waals surface area contributed by atoms with Gasteiger partial charge in [-0.25, -0.2) is 4.39 Å². The van der Waals surface area contributed by atoms with E-state index in [-0.39, 0.29) is 11.9 Å². The van der Waals surface area contributed by atoms with Crippen LogP contribution in [-0.2, 0) is 0 Å². The van der Waals surface area contributed by atoms with Gasteiger partial charge < -0.3 is 4.74 Å². The lowest BCUT2D eigenvalue weighted by molar-refractivity contribution is 0.206. The molecule has 4 heteroatoms. The van der Waals surface area contributed by atoms with Gasteiger partial charge in [-0.3, -0.25) is 0 Å². The van der Waals surface area contributed by atoms with E-state index in [0.29, 0.717) is 11.6 Å². The van der Waals surface area contributed by atoms with Gasteiger partial charge in [0.05, 0.1) is 0 Å². The molecular weight excluding hydrogens is 259 g/mol. The number of ether oxygens (including phenoxy) is 1. The van der Waals surface area contributed by atoms with Crippen LogP contribution in [-0.4, -0.2) is 5.88 Å². The Labute approximate surface area is 109 Å². The molecule has 1 unspecified atom stereocenters. The fourth-order valence-corrected chi connectivity index (χ4v) is 2.50. The van der Waals surface area contributed by atoms with Crippen LogP contribution in [0.5, 0.6) is 5.75 Å². The van der Waals surface area contributed by atoms with E-state index in [9.17, 15) is 4.39 Å². The lowest BCUT2D eigenvalue weighted by Gasteiger charge is -2.16. The summed E-state index contributed by atoms with van der Waals surface area (Å²) in [5.41, 5.74) is 0. The van der Waals surface area contributed by atoms with Crippen molar-refractivity contribution in [3.63, 3.8) is 0 Å². The quantitative estimate of drug-likeness (QED) is 0.720. The Balaban J connectivity index is 2.10. The number of thiophene rings is 1. The topological polar surface area (TPSA) is 9.23 Å². The largest absolute Gasteiger partial charge is 0.485 e. The highest BCUT2D eigenvalue weighted by molar-refractivity contribution is 7.10. The summed E-state index contributed by atoms with van der Waals surface area (Å²) in [6.07, 6.45) is 0.678. The molecule has 90 valence electrons. The molecule has 1 aromatic carbocycles. The molecule has 2 aromatic rings. The second-order valence-corrected chi connectivity index (χ2v) is 4.91. The first-order valence-corrected chi connectivity index (χ1v) is 6.72. The van der Waals surface area contributed by atoms with Crippen molar-refractivity contribution in [3.8, 4) is 5.75 Å². The summed E-state index contributed by atoms with van der Waals surface area (Å²) in [4.78, 5) is 1.13. The summed E-state index contributed by atoms with van der Waals surface area (Å²) >= 11 is 7.40. The molecule has 17 heavy (non-hydrogen) atoms. The minimum Gasteiger partial charge on any atom is -0.485 e. The molecule has 0 saturated heterocycles. The van der Waals surface area contributed by atoms with Gasteiger partial charge in [0.15, 0.2) is 0 Å². The van der Waals surface area contributed by atoms with E-state index in [0.717, 1.165) is 11.3 Å². The number of rotatable bonds is 5. The zero-order chi connectivity index (χ0) is 12.1. The van der Waals surface area contributed by atoms with Crippen LogP contribution in [0.15, 0.2) is 41.8 Å². The second-order valence-electron chi connectivity index (χ2n) is 3.55. The average molecular weight is 271 g/mol.